The van der Waals surface area contributed by atoms with Gasteiger partial charge in [0.15, 0.2) is 5.78 Å². The molecule has 1 aliphatic rings. The molecule has 0 amide bonds. The van der Waals surface area contributed by atoms with Crippen molar-refractivity contribution in [1.29, 1.82) is 0 Å². The number of carbonyl (C=O) groups is 1. The lowest BCUT2D eigenvalue weighted by Crippen LogP contribution is -2.22. The van der Waals surface area contributed by atoms with Gasteiger partial charge in [0.05, 0.1) is 17.9 Å². The van der Waals surface area contributed by atoms with E-state index in [4.69, 9.17) is 4.74 Å². The van der Waals surface area contributed by atoms with E-state index < -0.39 is 0 Å². The summed E-state index contributed by atoms with van der Waals surface area (Å²) in [4.78, 5) is 22.1. The second-order valence-corrected chi connectivity index (χ2v) is 7.73. The van der Waals surface area contributed by atoms with Gasteiger partial charge in [-0.3, -0.25) is 4.79 Å². The van der Waals surface area contributed by atoms with Crippen LogP contribution in [0.5, 0.6) is 5.75 Å². The van der Waals surface area contributed by atoms with Gasteiger partial charge in [0, 0.05) is 17.8 Å². The fourth-order valence-electron chi connectivity index (χ4n) is 3.62. The van der Waals surface area contributed by atoms with Crippen LogP contribution >= 0.6 is 0 Å². The van der Waals surface area contributed by atoms with E-state index in [-0.39, 0.29) is 11.7 Å². The number of hydrogen-bond acceptors (Lipinski definition) is 6. The molecule has 1 unspecified atom stereocenters. The van der Waals surface area contributed by atoms with Crippen LogP contribution in [-0.2, 0) is 6.42 Å². The summed E-state index contributed by atoms with van der Waals surface area (Å²) < 4.78 is 5.51. The van der Waals surface area contributed by atoms with Crippen molar-refractivity contribution in [2.45, 2.75) is 33.6 Å². The molecule has 0 saturated heterocycles. The smallest absolute Gasteiger partial charge is 0.229 e. The summed E-state index contributed by atoms with van der Waals surface area (Å²) >= 11 is 0. The number of nitrogens with zero attached hydrogens (tertiary/aromatic N) is 2. The van der Waals surface area contributed by atoms with E-state index in [0.29, 0.717) is 30.4 Å². The molecule has 30 heavy (non-hydrogen) atoms. The molecule has 2 N–H and O–H groups in total. The Kier molecular flexibility index (Phi) is 5.65. The fourth-order valence-corrected chi connectivity index (χ4v) is 3.62. The van der Waals surface area contributed by atoms with Gasteiger partial charge >= 0.3 is 0 Å². The number of Topliss-reactive ketones (excluding diaryl/α,β-unsaturated/α-hetero) is 1. The summed E-state index contributed by atoms with van der Waals surface area (Å²) in [7, 11) is 0. The van der Waals surface area contributed by atoms with Crippen LogP contribution in [0, 0.1) is 12.8 Å². The molecule has 6 heteroatoms. The maximum absolute atomic E-state index is 12.8. The summed E-state index contributed by atoms with van der Waals surface area (Å²) in [6.07, 6.45) is 1.27. The van der Waals surface area contributed by atoms with E-state index in [2.05, 4.69) is 27.5 Å². The highest BCUT2D eigenvalue weighted by Gasteiger charge is 2.28. The SMILES string of the molecule is CCOc1ccc(Nc2nc(Nc3ccc(C)cc3)nc3c2C(=O)CC(C)C3)cc1. The van der Waals surface area contributed by atoms with Gasteiger partial charge in [-0.15, -0.1) is 0 Å². The number of benzene rings is 2. The van der Waals surface area contributed by atoms with Crippen molar-refractivity contribution in [3.8, 4) is 5.75 Å². The summed E-state index contributed by atoms with van der Waals surface area (Å²) in [5, 5.41) is 6.58. The van der Waals surface area contributed by atoms with Crippen molar-refractivity contribution < 1.29 is 9.53 Å². The zero-order valence-corrected chi connectivity index (χ0v) is 17.5. The number of nitrogens with one attached hydrogen (secondary N) is 2. The first-order valence-electron chi connectivity index (χ1n) is 10.3. The molecule has 154 valence electrons. The molecule has 0 saturated carbocycles. The molecule has 0 spiro atoms. The predicted molar refractivity (Wildman–Crippen MR) is 119 cm³/mol. The molecule has 0 bridgehead atoms. The van der Waals surface area contributed by atoms with Crippen LogP contribution in [-0.4, -0.2) is 22.4 Å². The topological polar surface area (TPSA) is 76.1 Å². The first kappa shape index (κ1) is 19.9. The number of ketones is 1. The average molecular weight is 402 g/mol. The average Bonchev–Trinajstić information content (AvgIpc) is 2.71. The summed E-state index contributed by atoms with van der Waals surface area (Å²) in [5.74, 6) is 2.17. The molecule has 1 heterocycles. The molecule has 6 nitrogen and oxygen atoms in total. The number of carbonyl (C=O) groups excluding carboxylic acids is 1. The highest BCUT2D eigenvalue weighted by atomic mass is 16.5. The Bertz CT molecular complexity index is 1050. The molecule has 0 aliphatic heterocycles. The van der Waals surface area contributed by atoms with Gasteiger partial charge in [-0.1, -0.05) is 24.6 Å². The van der Waals surface area contributed by atoms with E-state index in [9.17, 15) is 4.79 Å². The van der Waals surface area contributed by atoms with Crippen LogP contribution in [0.15, 0.2) is 48.5 Å². The number of anilines is 4. The summed E-state index contributed by atoms with van der Waals surface area (Å²) in [6, 6.07) is 15.7. The maximum Gasteiger partial charge on any atom is 0.229 e. The van der Waals surface area contributed by atoms with Crippen LogP contribution in [0.4, 0.5) is 23.1 Å². The first-order valence-corrected chi connectivity index (χ1v) is 10.3. The van der Waals surface area contributed by atoms with Crippen molar-refractivity contribution in [3.05, 3.63) is 65.4 Å². The Hall–Kier alpha value is -3.41. The summed E-state index contributed by atoms with van der Waals surface area (Å²) in [5.41, 5.74) is 4.31. The lowest BCUT2D eigenvalue weighted by Gasteiger charge is -2.23. The number of ether oxygens (including phenoxy) is 1. The number of aryl methyl sites for hydroxylation is 1. The Labute approximate surface area is 176 Å². The van der Waals surface area contributed by atoms with Crippen molar-refractivity contribution >= 4 is 28.9 Å². The van der Waals surface area contributed by atoms with Gasteiger partial charge in [-0.2, -0.15) is 4.98 Å². The van der Waals surface area contributed by atoms with Gasteiger partial charge in [0.25, 0.3) is 0 Å². The third kappa shape index (κ3) is 4.43. The highest BCUT2D eigenvalue weighted by Crippen LogP contribution is 2.32. The predicted octanol–water partition coefficient (Wildman–Crippen LogP) is 5.44. The molecule has 2 aromatic carbocycles. The molecular weight excluding hydrogens is 376 g/mol. The largest absolute Gasteiger partial charge is 0.494 e. The Morgan fingerprint density at radius 1 is 0.967 bits per heavy atom. The minimum atomic E-state index is 0.0825. The standard InChI is InChI=1S/C24H26N4O2/c1-4-30-19-11-9-17(10-12-19)25-23-22-20(13-16(3)14-21(22)29)27-24(28-23)26-18-7-5-15(2)6-8-18/h5-12,16H,4,13-14H2,1-3H3,(H2,25,26,27,28). The first-order chi connectivity index (χ1) is 14.5. The molecular formula is C24H26N4O2. The van der Waals surface area contributed by atoms with Gasteiger partial charge in [0.2, 0.25) is 5.95 Å². The zero-order chi connectivity index (χ0) is 21.1. The van der Waals surface area contributed by atoms with Crippen molar-refractivity contribution in [1.82, 2.24) is 9.97 Å². The zero-order valence-electron chi connectivity index (χ0n) is 17.5. The van der Waals surface area contributed by atoms with Crippen LogP contribution in [0.25, 0.3) is 0 Å². The van der Waals surface area contributed by atoms with Crippen LogP contribution in [0.3, 0.4) is 0 Å². The maximum atomic E-state index is 12.8. The highest BCUT2D eigenvalue weighted by molar-refractivity contribution is 6.03. The lowest BCUT2D eigenvalue weighted by molar-refractivity contribution is 0.0953. The lowest BCUT2D eigenvalue weighted by atomic mass is 9.87. The minimum Gasteiger partial charge on any atom is -0.494 e. The van der Waals surface area contributed by atoms with Gasteiger partial charge < -0.3 is 15.4 Å². The fraction of sp³-hybridized carbons (Fsp3) is 0.292. The molecule has 0 radical (unpaired) electrons. The number of aromatic nitrogens is 2. The molecule has 1 aliphatic carbocycles. The molecule has 1 atom stereocenters. The van der Waals surface area contributed by atoms with Crippen molar-refractivity contribution in [2.24, 2.45) is 5.92 Å². The molecule has 1 aromatic heterocycles. The molecule has 3 aromatic rings. The Balaban J connectivity index is 1.68. The Morgan fingerprint density at radius 3 is 2.33 bits per heavy atom. The number of fused-ring (bicyclic) bond motifs is 1. The normalized spacial score (nSPS) is 15.4. The van der Waals surface area contributed by atoms with Gasteiger partial charge in [-0.05, 0) is 62.6 Å². The molecule has 4 rings (SSSR count). The van der Waals surface area contributed by atoms with Crippen LogP contribution in [0.1, 0.15) is 41.9 Å². The second kappa shape index (κ2) is 8.53. The van der Waals surface area contributed by atoms with Gasteiger partial charge in [0.1, 0.15) is 11.6 Å². The van der Waals surface area contributed by atoms with Crippen molar-refractivity contribution in [3.63, 3.8) is 0 Å². The third-order valence-electron chi connectivity index (χ3n) is 5.07. The van der Waals surface area contributed by atoms with Crippen molar-refractivity contribution in [2.75, 3.05) is 17.2 Å². The van der Waals surface area contributed by atoms with E-state index in [1.807, 2.05) is 62.4 Å². The van der Waals surface area contributed by atoms with E-state index in [0.717, 1.165) is 29.2 Å². The third-order valence-corrected chi connectivity index (χ3v) is 5.07. The van der Waals surface area contributed by atoms with E-state index >= 15 is 0 Å². The van der Waals surface area contributed by atoms with Crippen LogP contribution in [0.2, 0.25) is 0 Å². The monoisotopic (exact) mass is 402 g/mol. The number of rotatable bonds is 6. The van der Waals surface area contributed by atoms with Crippen LogP contribution < -0.4 is 15.4 Å². The number of hydrogen-bond donors (Lipinski definition) is 2. The Morgan fingerprint density at radius 2 is 1.63 bits per heavy atom. The quantitative estimate of drug-likeness (QED) is 0.572. The van der Waals surface area contributed by atoms with E-state index in [1.54, 1.807) is 0 Å². The minimum absolute atomic E-state index is 0.0825. The van der Waals surface area contributed by atoms with Gasteiger partial charge in [-0.25, -0.2) is 4.98 Å². The summed E-state index contributed by atoms with van der Waals surface area (Å²) in [6.45, 7) is 6.70. The second-order valence-electron chi connectivity index (χ2n) is 7.73. The van der Waals surface area contributed by atoms with E-state index in [1.165, 1.54) is 5.56 Å². The molecule has 0 fully saturated rings.